The normalized spacial score (nSPS) is 16.7. The van der Waals surface area contributed by atoms with Crippen molar-refractivity contribution in [2.24, 2.45) is 0 Å². The highest BCUT2D eigenvalue weighted by Gasteiger charge is 2.27. The smallest absolute Gasteiger partial charge is 0.410 e. The summed E-state index contributed by atoms with van der Waals surface area (Å²) in [5.74, 6) is 0.426. The Labute approximate surface area is 139 Å². The molecule has 1 aliphatic rings. The number of hydrogen-bond acceptors (Lipinski definition) is 4. The van der Waals surface area contributed by atoms with Gasteiger partial charge in [-0.25, -0.2) is 4.79 Å². The molecule has 3 rings (SSSR count). The van der Waals surface area contributed by atoms with Gasteiger partial charge in [0.2, 0.25) is 0 Å². The summed E-state index contributed by atoms with van der Waals surface area (Å²) in [5.41, 5.74) is 1.69. The molecule has 1 amide bonds. The first kappa shape index (κ1) is 16.1. The lowest BCUT2D eigenvalue weighted by Crippen LogP contribution is -2.41. The molecular formula is C17H22N2O3S. The van der Waals surface area contributed by atoms with Gasteiger partial charge in [0.05, 0.1) is 10.2 Å². The largest absolute Gasteiger partial charge is 0.444 e. The molecule has 0 saturated carbocycles. The quantitative estimate of drug-likeness (QED) is 0.865. The number of aromatic nitrogens is 1. The number of nitrogens with one attached hydrogen (secondary N) is 1. The number of carbonyl (C=O) groups is 1. The highest BCUT2D eigenvalue weighted by molar-refractivity contribution is 7.16. The Morgan fingerprint density at radius 1 is 1.30 bits per heavy atom. The zero-order valence-corrected chi connectivity index (χ0v) is 14.5. The number of ether oxygens (including phenoxy) is 1. The van der Waals surface area contributed by atoms with Crippen LogP contribution in [0.4, 0.5) is 4.79 Å². The van der Waals surface area contributed by atoms with Crippen LogP contribution in [0, 0.1) is 0 Å². The first-order chi connectivity index (χ1) is 10.8. The number of carbonyl (C=O) groups excluding carboxylic acids is 1. The molecule has 23 heavy (non-hydrogen) atoms. The summed E-state index contributed by atoms with van der Waals surface area (Å²) in [6.45, 7) is 7.07. The van der Waals surface area contributed by atoms with Crippen molar-refractivity contribution in [2.45, 2.75) is 45.1 Å². The number of rotatable bonds is 1. The molecule has 0 spiro atoms. The van der Waals surface area contributed by atoms with Crippen molar-refractivity contribution in [1.29, 1.82) is 0 Å². The Morgan fingerprint density at radius 2 is 2.00 bits per heavy atom. The molecular weight excluding hydrogens is 312 g/mol. The summed E-state index contributed by atoms with van der Waals surface area (Å²) in [4.78, 5) is 28.1. The summed E-state index contributed by atoms with van der Waals surface area (Å²) in [6.07, 6.45) is 1.61. The van der Waals surface area contributed by atoms with Gasteiger partial charge in [-0.05, 0) is 57.2 Å². The Bertz CT molecular complexity index is 764. The SMILES string of the molecule is CC(C)(C)OC(=O)N1CCC(c2ccc3[nH]c(=O)sc3c2)CC1. The first-order valence-electron chi connectivity index (χ1n) is 7.92. The molecule has 1 aromatic carbocycles. The molecule has 0 atom stereocenters. The van der Waals surface area contributed by atoms with E-state index in [0.29, 0.717) is 19.0 Å². The van der Waals surface area contributed by atoms with E-state index in [0.717, 1.165) is 23.1 Å². The van der Waals surface area contributed by atoms with Gasteiger partial charge in [-0.15, -0.1) is 0 Å². The van der Waals surface area contributed by atoms with E-state index in [1.807, 2.05) is 26.8 Å². The number of thiazole rings is 1. The fourth-order valence-corrected chi connectivity index (χ4v) is 3.72. The van der Waals surface area contributed by atoms with E-state index in [-0.39, 0.29) is 11.0 Å². The van der Waals surface area contributed by atoms with Crippen LogP contribution in [-0.4, -0.2) is 34.7 Å². The Morgan fingerprint density at radius 3 is 2.65 bits per heavy atom. The van der Waals surface area contributed by atoms with Crippen LogP contribution in [-0.2, 0) is 4.74 Å². The predicted molar refractivity (Wildman–Crippen MR) is 92.2 cm³/mol. The molecule has 0 bridgehead atoms. The van der Waals surface area contributed by atoms with Crippen molar-refractivity contribution in [2.75, 3.05) is 13.1 Å². The molecule has 1 saturated heterocycles. The lowest BCUT2D eigenvalue weighted by Gasteiger charge is -2.33. The second kappa shape index (κ2) is 6.00. The van der Waals surface area contributed by atoms with Gasteiger partial charge >= 0.3 is 11.0 Å². The van der Waals surface area contributed by atoms with Crippen molar-refractivity contribution in [3.63, 3.8) is 0 Å². The van der Waals surface area contributed by atoms with Crippen LogP contribution < -0.4 is 4.87 Å². The lowest BCUT2D eigenvalue weighted by molar-refractivity contribution is 0.0205. The predicted octanol–water partition coefficient (Wildman–Crippen LogP) is 3.70. The van der Waals surface area contributed by atoms with Crippen molar-refractivity contribution >= 4 is 27.6 Å². The molecule has 1 N–H and O–H groups in total. The van der Waals surface area contributed by atoms with Crippen molar-refractivity contribution in [3.8, 4) is 0 Å². The van der Waals surface area contributed by atoms with Gasteiger partial charge in [0.25, 0.3) is 0 Å². The molecule has 1 aromatic heterocycles. The highest BCUT2D eigenvalue weighted by atomic mass is 32.1. The molecule has 2 heterocycles. The molecule has 0 radical (unpaired) electrons. The van der Waals surface area contributed by atoms with Crippen LogP contribution in [0.1, 0.15) is 45.1 Å². The maximum Gasteiger partial charge on any atom is 0.410 e. The summed E-state index contributed by atoms with van der Waals surface area (Å²) >= 11 is 1.25. The minimum Gasteiger partial charge on any atom is -0.444 e. The fourth-order valence-electron chi connectivity index (χ4n) is 2.94. The highest BCUT2D eigenvalue weighted by Crippen LogP contribution is 2.31. The van der Waals surface area contributed by atoms with Crippen molar-refractivity contribution in [1.82, 2.24) is 9.88 Å². The number of likely N-dealkylation sites (tertiary alicyclic amines) is 1. The van der Waals surface area contributed by atoms with E-state index < -0.39 is 5.60 Å². The van der Waals surface area contributed by atoms with Crippen molar-refractivity contribution < 1.29 is 9.53 Å². The average molecular weight is 334 g/mol. The zero-order chi connectivity index (χ0) is 16.6. The maximum absolute atomic E-state index is 12.1. The molecule has 6 heteroatoms. The number of piperidine rings is 1. The molecule has 1 fully saturated rings. The monoisotopic (exact) mass is 334 g/mol. The van der Waals surface area contributed by atoms with Gasteiger partial charge in [-0.3, -0.25) is 4.79 Å². The van der Waals surface area contributed by atoms with Crippen molar-refractivity contribution in [3.05, 3.63) is 33.4 Å². The van der Waals surface area contributed by atoms with Gasteiger partial charge in [-0.1, -0.05) is 17.4 Å². The molecule has 124 valence electrons. The van der Waals surface area contributed by atoms with Crippen LogP contribution >= 0.6 is 11.3 Å². The van der Waals surface area contributed by atoms with Gasteiger partial charge in [0.1, 0.15) is 5.60 Å². The Balaban J connectivity index is 1.65. The number of nitrogens with zero attached hydrogens (tertiary/aromatic N) is 1. The minimum atomic E-state index is -0.454. The van der Waals surface area contributed by atoms with Gasteiger partial charge < -0.3 is 14.6 Å². The van der Waals surface area contributed by atoms with Crippen LogP contribution in [0.25, 0.3) is 10.2 Å². The summed E-state index contributed by atoms with van der Waals surface area (Å²) in [5, 5.41) is 0. The van der Waals surface area contributed by atoms with Crippen LogP contribution in [0.2, 0.25) is 0 Å². The lowest BCUT2D eigenvalue weighted by atomic mass is 9.89. The molecule has 0 unspecified atom stereocenters. The first-order valence-corrected chi connectivity index (χ1v) is 8.74. The number of amides is 1. The van der Waals surface area contributed by atoms with E-state index in [9.17, 15) is 9.59 Å². The average Bonchev–Trinajstić information content (AvgIpc) is 2.84. The van der Waals surface area contributed by atoms with E-state index in [1.165, 1.54) is 16.9 Å². The number of aromatic amines is 1. The third kappa shape index (κ3) is 3.75. The zero-order valence-electron chi connectivity index (χ0n) is 13.7. The summed E-state index contributed by atoms with van der Waals surface area (Å²) in [7, 11) is 0. The second-order valence-electron chi connectivity index (χ2n) is 7.01. The van der Waals surface area contributed by atoms with E-state index in [1.54, 1.807) is 4.90 Å². The standard InChI is InChI=1S/C17H22N2O3S/c1-17(2,3)22-16(21)19-8-6-11(7-9-19)12-4-5-13-14(10-12)23-15(20)18-13/h4-5,10-11H,6-9H2,1-3H3,(H,18,20). The number of benzene rings is 1. The van der Waals surface area contributed by atoms with Gasteiger partial charge in [0.15, 0.2) is 0 Å². The number of fused-ring (bicyclic) bond motifs is 1. The second-order valence-corrected chi connectivity index (χ2v) is 8.03. The minimum absolute atomic E-state index is 0.0168. The molecule has 2 aromatic rings. The molecule has 1 aliphatic heterocycles. The van der Waals surface area contributed by atoms with Crippen LogP contribution in [0.3, 0.4) is 0 Å². The summed E-state index contributed by atoms with van der Waals surface area (Å²) in [6, 6.07) is 6.16. The molecule has 0 aliphatic carbocycles. The third-order valence-corrected chi connectivity index (χ3v) is 4.91. The maximum atomic E-state index is 12.1. The number of H-pyrrole nitrogens is 1. The fraction of sp³-hybridized carbons (Fsp3) is 0.529. The van der Waals surface area contributed by atoms with E-state index >= 15 is 0 Å². The van der Waals surface area contributed by atoms with E-state index in [4.69, 9.17) is 4.74 Å². The van der Waals surface area contributed by atoms with Crippen LogP contribution in [0.15, 0.2) is 23.0 Å². The Kier molecular flexibility index (Phi) is 4.19. The topological polar surface area (TPSA) is 62.4 Å². The Hall–Kier alpha value is -1.82. The van der Waals surface area contributed by atoms with Gasteiger partial charge in [0, 0.05) is 13.1 Å². The third-order valence-electron chi connectivity index (χ3n) is 4.06. The van der Waals surface area contributed by atoms with E-state index in [2.05, 4.69) is 17.1 Å². The molecule has 5 nitrogen and oxygen atoms in total. The summed E-state index contributed by atoms with van der Waals surface area (Å²) < 4.78 is 6.43. The van der Waals surface area contributed by atoms with Crippen LogP contribution in [0.5, 0.6) is 0 Å². The van der Waals surface area contributed by atoms with Gasteiger partial charge in [-0.2, -0.15) is 0 Å². The number of hydrogen-bond donors (Lipinski definition) is 1.